The molecule has 0 aromatic heterocycles. The molecule has 4 unspecified atom stereocenters. The summed E-state index contributed by atoms with van der Waals surface area (Å²) in [4.78, 5) is 27.5. The van der Waals surface area contributed by atoms with Crippen LogP contribution in [0.25, 0.3) is 0 Å². The molecule has 1 amide bonds. The van der Waals surface area contributed by atoms with Crippen LogP contribution in [0.3, 0.4) is 0 Å². The Morgan fingerprint density at radius 2 is 2.15 bits per heavy atom. The molecule has 0 aromatic carbocycles. The number of carbonyl (C=O) groups is 2. The molecule has 1 N–H and O–H groups in total. The van der Waals surface area contributed by atoms with Crippen molar-refractivity contribution >= 4 is 11.9 Å². The molecule has 2 saturated heterocycles. The van der Waals surface area contributed by atoms with Crippen molar-refractivity contribution in [3.05, 3.63) is 0 Å². The highest BCUT2D eigenvalue weighted by Gasteiger charge is 2.42. The van der Waals surface area contributed by atoms with Crippen LogP contribution in [-0.2, 0) is 14.3 Å². The number of carboxylic acids is 1. The second kappa shape index (κ2) is 6.10. The standard InChI is InChI=1S/C14H24N2O4/c1-9-6-12(17)16(10(2)13(9)14(18)19)8-11-7-15(3)4-5-20-11/h9-11,13H,4-8H2,1-3H3,(H,18,19). The zero-order chi connectivity index (χ0) is 14.9. The zero-order valence-electron chi connectivity index (χ0n) is 12.4. The van der Waals surface area contributed by atoms with Crippen molar-refractivity contribution in [1.82, 2.24) is 9.80 Å². The largest absolute Gasteiger partial charge is 0.481 e. The number of rotatable bonds is 3. The van der Waals surface area contributed by atoms with Crippen molar-refractivity contribution in [1.29, 1.82) is 0 Å². The predicted molar refractivity (Wildman–Crippen MR) is 73.3 cm³/mol. The molecule has 114 valence electrons. The van der Waals surface area contributed by atoms with Crippen LogP contribution in [0.5, 0.6) is 0 Å². The van der Waals surface area contributed by atoms with Gasteiger partial charge in [0.05, 0.1) is 18.6 Å². The first kappa shape index (κ1) is 15.3. The van der Waals surface area contributed by atoms with Gasteiger partial charge in [-0.15, -0.1) is 0 Å². The van der Waals surface area contributed by atoms with Gasteiger partial charge in [0.2, 0.25) is 5.91 Å². The summed E-state index contributed by atoms with van der Waals surface area (Å²) in [5, 5.41) is 9.35. The summed E-state index contributed by atoms with van der Waals surface area (Å²) in [6.45, 7) is 6.50. The van der Waals surface area contributed by atoms with Crippen LogP contribution in [-0.4, -0.2) is 72.2 Å². The Kier molecular flexibility index (Phi) is 4.65. The first-order valence-corrected chi connectivity index (χ1v) is 7.22. The molecule has 2 fully saturated rings. The lowest BCUT2D eigenvalue weighted by Crippen LogP contribution is -2.56. The van der Waals surface area contributed by atoms with Crippen LogP contribution >= 0.6 is 0 Å². The van der Waals surface area contributed by atoms with E-state index in [-0.39, 0.29) is 24.0 Å². The van der Waals surface area contributed by atoms with Gasteiger partial charge >= 0.3 is 5.97 Å². The minimum absolute atomic E-state index is 0.0250. The van der Waals surface area contributed by atoms with Gasteiger partial charge in [0.1, 0.15) is 0 Å². The van der Waals surface area contributed by atoms with E-state index in [1.54, 1.807) is 4.90 Å². The Balaban J connectivity index is 2.05. The van der Waals surface area contributed by atoms with Crippen LogP contribution in [0.1, 0.15) is 20.3 Å². The number of likely N-dealkylation sites (N-methyl/N-ethyl adjacent to an activating group) is 1. The van der Waals surface area contributed by atoms with E-state index in [2.05, 4.69) is 4.90 Å². The average Bonchev–Trinajstić information content (AvgIpc) is 2.33. The molecule has 20 heavy (non-hydrogen) atoms. The van der Waals surface area contributed by atoms with Crippen molar-refractivity contribution in [2.24, 2.45) is 11.8 Å². The van der Waals surface area contributed by atoms with Gasteiger partial charge in [-0.3, -0.25) is 9.59 Å². The van der Waals surface area contributed by atoms with Gasteiger partial charge in [-0.05, 0) is 19.9 Å². The SMILES string of the molecule is CC1CC(=O)N(CC2CN(C)CCO2)C(C)C1C(=O)O. The molecule has 2 aliphatic rings. The summed E-state index contributed by atoms with van der Waals surface area (Å²) in [6, 6.07) is -0.278. The fourth-order valence-corrected chi connectivity index (χ4v) is 3.33. The molecular formula is C14H24N2O4. The molecule has 6 nitrogen and oxygen atoms in total. The summed E-state index contributed by atoms with van der Waals surface area (Å²) in [5.74, 6) is -1.38. The first-order valence-electron chi connectivity index (χ1n) is 7.22. The minimum atomic E-state index is -0.816. The van der Waals surface area contributed by atoms with Crippen molar-refractivity contribution in [3.8, 4) is 0 Å². The molecule has 2 aliphatic heterocycles. The van der Waals surface area contributed by atoms with Crippen LogP contribution in [0.4, 0.5) is 0 Å². The summed E-state index contributed by atoms with van der Waals surface area (Å²) < 4.78 is 5.69. The molecule has 2 rings (SSSR count). The fraction of sp³-hybridized carbons (Fsp3) is 0.857. The van der Waals surface area contributed by atoms with Gasteiger partial charge in [-0.25, -0.2) is 0 Å². The van der Waals surface area contributed by atoms with Crippen molar-refractivity contribution in [2.45, 2.75) is 32.4 Å². The van der Waals surface area contributed by atoms with Crippen LogP contribution in [0.2, 0.25) is 0 Å². The van der Waals surface area contributed by atoms with Crippen molar-refractivity contribution in [3.63, 3.8) is 0 Å². The van der Waals surface area contributed by atoms with E-state index in [4.69, 9.17) is 4.74 Å². The Bertz CT molecular complexity index is 387. The van der Waals surface area contributed by atoms with E-state index in [1.165, 1.54) is 0 Å². The number of amides is 1. The number of aliphatic carboxylic acids is 1. The van der Waals surface area contributed by atoms with Gasteiger partial charge in [-0.2, -0.15) is 0 Å². The molecular weight excluding hydrogens is 260 g/mol. The fourth-order valence-electron chi connectivity index (χ4n) is 3.33. The van der Waals surface area contributed by atoms with E-state index < -0.39 is 11.9 Å². The van der Waals surface area contributed by atoms with Crippen LogP contribution < -0.4 is 0 Å². The zero-order valence-corrected chi connectivity index (χ0v) is 12.4. The molecule has 4 atom stereocenters. The lowest BCUT2D eigenvalue weighted by Gasteiger charge is -2.43. The maximum atomic E-state index is 12.2. The second-order valence-corrected chi connectivity index (χ2v) is 6.09. The quantitative estimate of drug-likeness (QED) is 0.806. The number of carbonyl (C=O) groups excluding carboxylic acids is 1. The number of hydrogen-bond donors (Lipinski definition) is 1. The van der Waals surface area contributed by atoms with Crippen LogP contribution in [0, 0.1) is 11.8 Å². The number of morpholine rings is 1. The highest BCUT2D eigenvalue weighted by molar-refractivity contribution is 5.81. The van der Waals surface area contributed by atoms with Gasteiger partial charge in [0, 0.05) is 32.1 Å². The van der Waals surface area contributed by atoms with Crippen molar-refractivity contribution in [2.75, 3.05) is 33.3 Å². The van der Waals surface area contributed by atoms with E-state index in [0.29, 0.717) is 19.6 Å². The molecule has 2 heterocycles. The number of carboxylic acid groups (broad SMARTS) is 1. The molecule has 0 aromatic rings. The molecule has 0 radical (unpaired) electrons. The highest BCUT2D eigenvalue weighted by atomic mass is 16.5. The number of likely N-dealkylation sites (tertiary alicyclic amines) is 1. The Morgan fingerprint density at radius 3 is 2.75 bits per heavy atom. The van der Waals surface area contributed by atoms with E-state index in [1.807, 2.05) is 20.9 Å². The maximum Gasteiger partial charge on any atom is 0.308 e. The molecule has 0 bridgehead atoms. The smallest absolute Gasteiger partial charge is 0.308 e. The molecule has 6 heteroatoms. The van der Waals surface area contributed by atoms with Gasteiger partial charge in [0.15, 0.2) is 0 Å². The Hall–Kier alpha value is -1.14. The number of piperidine rings is 1. The highest BCUT2D eigenvalue weighted by Crippen LogP contribution is 2.30. The van der Waals surface area contributed by atoms with Crippen LogP contribution in [0.15, 0.2) is 0 Å². The van der Waals surface area contributed by atoms with Crippen molar-refractivity contribution < 1.29 is 19.4 Å². The lowest BCUT2D eigenvalue weighted by molar-refractivity contribution is -0.157. The monoisotopic (exact) mass is 284 g/mol. The van der Waals surface area contributed by atoms with Gasteiger partial charge in [-0.1, -0.05) is 6.92 Å². The van der Waals surface area contributed by atoms with E-state index in [9.17, 15) is 14.7 Å². The van der Waals surface area contributed by atoms with E-state index >= 15 is 0 Å². The molecule has 0 saturated carbocycles. The second-order valence-electron chi connectivity index (χ2n) is 6.09. The molecule has 0 spiro atoms. The number of hydrogen-bond acceptors (Lipinski definition) is 4. The normalized spacial score (nSPS) is 36.1. The number of nitrogens with zero attached hydrogens (tertiary/aromatic N) is 2. The first-order chi connectivity index (χ1) is 9.40. The molecule has 0 aliphatic carbocycles. The summed E-state index contributed by atoms with van der Waals surface area (Å²) in [5.41, 5.74) is 0. The van der Waals surface area contributed by atoms with Gasteiger partial charge in [0.25, 0.3) is 0 Å². The lowest BCUT2D eigenvalue weighted by atomic mass is 9.81. The third-order valence-corrected chi connectivity index (χ3v) is 4.47. The Labute approximate surface area is 119 Å². The summed E-state index contributed by atoms with van der Waals surface area (Å²) >= 11 is 0. The topological polar surface area (TPSA) is 70.1 Å². The summed E-state index contributed by atoms with van der Waals surface area (Å²) in [7, 11) is 2.03. The summed E-state index contributed by atoms with van der Waals surface area (Å²) in [6.07, 6.45) is 0.284. The third kappa shape index (κ3) is 3.12. The average molecular weight is 284 g/mol. The third-order valence-electron chi connectivity index (χ3n) is 4.47. The maximum absolute atomic E-state index is 12.2. The predicted octanol–water partition coefficient (Wildman–Crippen LogP) is 0.275. The Morgan fingerprint density at radius 1 is 1.45 bits per heavy atom. The number of ether oxygens (including phenoxy) is 1. The minimum Gasteiger partial charge on any atom is -0.481 e. The van der Waals surface area contributed by atoms with Gasteiger partial charge < -0.3 is 19.6 Å². The van der Waals surface area contributed by atoms with E-state index in [0.717, 1.165) is 13.1 Å².